The number of aryl methyl sites for hydroxylation is 3. The zero-order valence-corrected chi connectivity index (χ0v) is 19.1. The number of aromatic nitrogens is 1. The van der Waals surface area contributed by atoms with Gasteiger partial charge in [0.25, 0.3) is 11.1 Å². The Morgan fingerprint density at radius 3 is 2.43 bits per heavy atom. The molecule has 1 aromatic carbocycles. The highest BCUT2D eigenvalue weighted by Gasteiger charge is 2.36. The predicted molar refractivity (Wildman–Crippen MR) is 124 cm³/mol. The Hall–Kier alpha value is -2.27. The number of benzene rings is 1. The summed E-state index contributed by atoms with van der Waals surface area (Å²) in [4.78, 5) is 27.5. The number of imide groups is 1. The largest absolute Gasteiger partial charge is 0.318 e. The molecule has 4 rings (SSSR count). The minimum absolute atomic E-state index is 0.125. The van der Waals surface area contributed by atoms with Crippen molar-refractivity contribution in [1.82, 2.24) is 9.47 Å². The third kappa shape index (κ3) is 4.00. The van der Waals surface area contributed by atoms with Crippen LogP contribution in [0.25, 0.3) is 11.8 Å². The molecule has 1 saturated carbocycles. The molecule has 0 atom stereocenters. The van der Waals surface area contributed by atoms with Crippen molar-refractivity contribution >= 4 is 29.0 Å². The minimum atomic E-state index is -0.133. The maximum Gasteiger partial charge on any atom is 0.293 e. The van der Waals surface area contributed by atoms with E-state index in [1.165, 1.54) is 35.3 Å². The lowest BCUT2D eigenvalue weighted by molar-refractivity contribution is -0.123. The zero-order chi connectivity index (χ0) is 21.4. The van der Waals surface area contributed by atoms with E-state index in [0.29, 0.717) is 17.4 Å². The summed E-state index contributed by atoms with van der Waals surface area (Å²) in [6.07, 6.45) is 7.83. The Morgan fingerprint density at radius 2 is 1.73 bits per heavy atom. The molecule has 0 bridgehead atoms. The molecule has 0 radical (unpaired) electrons. The summed E-state index contributed by atoms with van der Waals surface area (Å²) >= 11 is 1.08. The Bertz CT molecular complexity index is 1030. The van der Waals surface area contributed by atoms with Gasteiger partial charge in [-0.1, -0.05) is 25.3 Å². The summed E-state index contributed by atoms with van der Waals surface area (Å²) in [5.41, 5.74) is 6.84. The first-order valence-corrected chi connectivity index (χ1v) is 11.7. The molecule has 2 aromatic rings. The van der Waals surface area contributed by atoms with Crippen LogP contribution >= 0.6 is 11.8 Å². The maximum atomic E-state index is 13.0. The van der Waals surface area contributed by atoms with E-state index in [4.69, 9.17) is 0 Å². The van der Waals surface area contributed by atoms with E-state index in [2.05, 4.69) is 56.5 Å². The zero-order valence-electron chi connectivity index (χ0n) is 18.3. The predicted octanol–water partition coefficient (Wildman–Crippen LogP) is 6.33. The number of amides is 2. The van der Waals surface area contributed by atoms with Crippen molar-refractivity contribution in [3.63, 3.8) is 0 Å². The topological polar surface area (TPSA) is 42.3 Å². The smallest absolute Gasteiger partial charge is 0.293 e. The average Bonchev–Trinajstić information content (AvgIpc) is 3.15. The number of carbonyl (C=O) groups excluding carboxylic acids is 2. The SMILES string of the molecule is Cc1ccc(-n2c(C)cc(/C=C3/SC(=O)N(CC4CCCCC4)C3=O)c2C)cc1C. The van der Waals surface area contributed by atoms with Crippen LogP contribution in [0.5, 0.6) is 0 Å². The highest BCUT2D eigenvalue weighted by atomic mass is 32.2. The number of carbonyl (C=O) groups is 2. The van der Waals surface area contributed by atoms with Crippen LogP contribution in [0, 0.1) is 33.6 Å². The summed E-state index contributed by atoms with van der Waals surface area (Å²) in [6.45, 7) is 8.96. The van der Waals surface area contributed by atoms with E-state index in [1.54, 1.807) is 0 Å². The molecule has 5 heteroatoms. The molecule has 2 fully saturated rings. The molecule has 1 aromatic heterocycles. The third-order valence-electron chi connectivity index (χ3n) is 6.54. The van der Waals surface area contributed by atoms with E-state index in [1.807, 2.05) is 6.08 Å². The van der Waals surface area contributed by atoms with E-state index >= 15 is 0 Å². The lowest BCUT2D eigenvalue weighted by Crippen LogP contribution is -2.34. The van der Waals surface area contributed by atoms with Crippen molar-refractivity contribution in [3.8, 4) is 5.69 Å². The third-order valence-corrected chi connectivity index (χ3v) is 7.45. The van der Waals surface area contributed by atoms with Gasteiger partial charge in [0.05, 0.1) is 4.91 Å². The van der Waals surface area contributed by atoms with E-state index < -0.39 is 0 Å². The van der Waals surface area contributed by atoms with Crippen molar-refractivity contribution in [1.29, 1.82) is 0 Å². The highest BCUT2D eigenvalue weighted by Crippen LogP contribution is 2.36. The first kappa shape index (κ1) is 21.0. The van der Waals surface area contributed by atoms with Gasteiger partial charge in [-0.25, -0.2) is 0 Å². The van der Waals surface area contributed by atoms with Gasteiger partial charge in [-0.05, 0) is 99.2 Å². The normalized spacial score (nSPS) is 19.3. The van der Waals surface area contributed by atoms with Gasteiger partial charge in [0.2, 0.25) is 0 Å². The van der Waals surface area contributed by atoms with Crippen LogP contribution in [0.3, 0.4) is 0 Å². The van der Waals surface area contributed by atoms with Crippen LogP contribution in [0.15, 0.2) is 29.2 Å². The van der Waals surface area contributed by atoms with Crippen molar-refractivity contribution in [2.24, 2.45) is 5.92 Å². The maximum absolute atomic E-state index is 13.0. The Kier molecular flexibility index (Phi) is 5.92. The molecule has 0 N–H and O–H groups in total. The lowest BCUT2D eigenvalue weighted by Gasteiger charge is -2.25. The van der Waals surface area contributed by atoms with Crippen molar-refractivity contribution < 1.29 is 9.59 Å². The standard InChI is InChI=1S/C25H30N2O2S/c1-16-10-11-22(12-17(16)2)27-18(3)13-21(19(27)4)14-23-24(28)26(25(29)30-23)15-20-8-6-5-7-9-20/h10-14,20H,5-9,15H2,1-4H3/b23-14+. The molecule has 4 nitrogen and oxygen atoms in total. The number of hydrogen-bond acceptors (Lipinski definition) is 3. The number of rotatable bonds is 4. The summed E-state index contributed by atoms with van der Waals surface area (Å²) < 4.78 is 2.21. The van der Waals surface area contributed by atoms with Crippen LogP contribution in [0.2, 0.25) is 0 Å². The van der Waals surface area contributed by atoms with Gasteiger partial charge in [0.15, 0.2) is 0 Å². The molecule has 0 unspecified atom stereocenters. The lowest BCUT2D eigenvalue weighted by atomic mass is 9.89. The van der Waals surface area contributed by atoms with Crippen LogP contribution in [-0.2, 0) is 4.79 Å². The molecule has 158 valence electrons. The molecule has 2 heterocycles. The van der Waals surface area contributed by atoms with Gasteiger partial charge in [-0.15, -0.1) is 0 Å². The second-order valence-electron chi connectivity index (χ2n) is 8.73. The Morgan fingerprint density at radius 1 is 1.00 bits per heavy atom. The Balaban J connectivity index is 1.59. The van der Waals surface area contributed by atoms with E-state index in [0.717, 1.165) is 47.2 Å². The number of nitrogens with zero attached hydrogens (tertiary/aromatic N) is 2. The molecule has 1 saturated heterocycles. The summed E-state index contributed by atoms with van der Waals surface area (Å²) in [5, 5.41) is -0.125. The van der Waals surface area contributed by atoms with Crippen LogP contribution in [-0.4, -0.2) is 27.2 Å². The van der Waals surface area contributed by atoms with E-state index in [-0.39, 0.29) is 11.1 Å². The molecule has 1 aliphatic carbocycles. The van der Waals surface area contributed by atoms with Crippen molar-refractivity contribution in [2.75, 3.05) is 6.54 Å². The summed E-state index contributed by atoms with van der Waals surface area (Å²) in [5.74, 6) is 0.327. The van der Waals surface area contributed by atoms with Crippen molar-refractivity contribution in [3.05, 3.63) is 57.2 Å². The van der Waals surface area contributed by atoms with Crippen LogP contribution < -0.4 is 0 Å². The first-order chi connectivity index (χ1) is 14.3. The molecular formula is C25H30N2O2S. The number of hydrogen-bond donors (Lipinski definition) is 0. The number of thioether (sulfide) groups is 1. The van der Waals surface area contributed by atoms with Gasteiger partial charge in [-0.3, -0.25) is 14.5 Å². The van der Waals surface area contributed by atoms with Gasteiger partial charge < -0.3 is 4.57 Å². The highest BCUT2D eigenvalue weighted by molar-refractivity contribution is 8.18. The van der Waals surface area contributed by atoms with Crippen molar-refractivity contribution in [2.45, 2.75) is 59.8 Å². The molecule has 1 aliphatic heterocycles. The van der Waals surface area contributed by atoms with Gasteiger partial charge in [0, 0.05) is 23.6 Å². The fourth-order valence-corrected chi connectivity index (χ4v) is 5.46. The molecule has 2 amide bonds. The molecule has 2 aliphatic rings. The van der Waals surface area contributed by atoms with Crippen LogP contribution in [0.1, 0.15) is 60.2 Å². The first-order valence-electron chi connectivity index (χ1n) is 10.9. The van der Waals surface area contributed by atoms with Gasteiger partial charge in [0.1, 0.15) is 0 Å². The second-order valence-corrected chi connectivity index (χ2v) is 9.72. The second kappa shape index (κ2) is 8.46. The van der Waals surface area contributed by atoms with E-state index in [9.17, 15) is 9.59 Å². The van der Waals surface area contributed by atoms with Gasteiger partial charge in [-0.2, -0.15) is 0 Å². The van der Waals surface area contributed by atoms with Crippen LogP contribution in [0.4, 0.5) is 4.79 Å². The molecule has 30 heavy (non-hydrogen) atoms. The summed E-state index contributed by atoms with van der Waals surface area (Å²) in [6, 6.07) is 8.56. The average molecular weight is 423 g/mol. The minimum Gasteiger partial charge on any atom is -0.318 e. The monoisotopic (exact) mass is 422 g/mol. The quantitative estimate of drug-likeness (QED) is 0.541. The molecular weight excluding hydrogens is 392 g/mol. The fourth-order valence-electron chi connectivity index (χ4n) is 4.62. The van der Waals surface area contributed by atoms with Gasteiger partial charge >= 0.3 is 0 Å². The summed E-state index contributed by atoms with van der Waals surface area (Å²) in [7, 11) is 0. The molecule has 0 spiro atoms. The fraction of sp³-hybridized carbons (Fsp3) is 0.440. The Labute approximate surface area is 183 Å².